The number of rotatable bonds is 7. The summed E-state index contributed by atoms with van der Waals surface area (Å²) in [4.78, 5) is 12.9. The predicted molar refractivity (Wildman–Crippen MR) is 121 cm³/mol. The average Bonchev–Trinajstić information content (AvgIpc) is 3.16. The number of methoxy groups -OCH3 is 2. The third-order valence-electron chi connectivity index (χ3n) is 4.89. The van der Waals surface area contributed by atoms with Gasteiger partial charge in [-0.3, -0.25) is 9.52 Å². The zero-order chi connectivity index (χ0) is 23.8. The van der Waals surface area contributed by atoms with Crippen molar-refractivity contribution in [3.8, 4) is 11.5 Å². The van der Waals surface area contributed by atoms with Gasteiger partial charge in [-0.15, -0.1) is 0 Å². The fourth-order valence-corrected chi connectivity index (χ4v) is 4.61. The number of benzene rings is 3. The maximum Gasteiger partial charge on any atom is 0.262 e. The minimum atomic E-state index is -4.28. The van der Waals surface area contributed by atoms with Crippen molar-refractivity contribution in [2.75, 3.05) is 18.9 Å². The molecule has 1 heterocycles. The number of fused-ring (bicyclic) bond motifs is 1. The first-order valence-electron chi connectivity index (χ1n) is 9.51. The molecule has 0 unspecified atom stereocenters. The third-order valence-corrected chi connectivity index (χ3v) is 6.53. The number of furan rings is 1. The van der Waals surface area contributed by atoms with Gasteiger partial charge in [0.15, 0.2) is 17.3 Å². The Morgan fingerprint density at radius 1 is 1.00 bits per heavy atom. The molecule has 1 N–H and O–H groups in total. The van der Waals surface area contributed by atoms with E-state index in [0.29, 0.717) is 16.7 Å². The summed E-state index contributed by atoms with van der Waals surface area (Å²) in [6, 6.07) is 14.2. The van der Waals surface area contributed by atoms with Crippen LogP contribution in [-0.4, -0.2) is 28.4 Å². The first kappa shape index (κ1) is 22.6. The van der Waals surface area contributed by atoms with Gasteiger partial charge in [0, 0.05) is 10.9 Å². The Hall–Kier alpha value is -3.56. The predicted octanol–water partition coefficient (Wildman–Crippen LogP) is 5.27. The van der Waals surface area contributed by atoms with E-state index < -0.39 is 21.6 Å². The summed E-state index contributed by atoms with van der Waals surface area (Å²) in [7, 11) is -1.57. The fraction of sp³-hybridized carbons (Fsp3) is 0.0870. The number of nitrogens with one attached hydrogen (secondary N) is 1. The Bertz CT molecular complexity index is 1480. The van der Waals surface area contributed by atoms with Crippen molar-refractivity contribution in [1.29, 1.82) is 0 Å². The van der Waals surface area contributed by atoms with E-state index >= 15 is 0 Å². The van der Waals surface area contributed by atoms with E-state index in [-0.39, 0.29) is 32.7 Å². The first-order valence-corrected chi connectivity index (χ1v) is 11.4. The summed E-state index contributed by atoms with van der Waals surface area (Å²) in [6.07, 6.45) is 0. The van der Waals surface area contributed by atoms with Crippen LogP contribution in [0.3, 0.4) is 0 Å². The van der Waals surface area contributed by atoms with Gasteiger partial charge >= 0.3 is 0 Å². The molecule has 0 aliphatic rings. The highest BCUT2D eigenvalue weighted by Crippen LogP contribution is 2.35. The molecule has 0 bridgehead atoms. The maximum atomic E-state index is 14.1. The largest absolute Gasteiger partial charge is 0.495 e. The van der Waals surface area contributed by atoms with Crippen molar-refractivity contribution in [2.45, 2.75) is 4.90 Å². The Labute approximate surface area is 193 Å². The second-order valence-corrected chi connectivity index (χ2v) is 8.97. The minimum absolute atomic E-state index is 0.0706. The van der Waals surface area contributed by atoms with Gasteiger partial charge in [-0.2, -0.15) is 0 Å². The van der Waals surface area contributed by atoms with Crippen LogP contribution in [0.2, 0.25) is 5.02 Å². The van der Waals surface area contributed by atoms with Crippen molar-refractivity contribution >= 4 is 44.1 Å². The lowest BCUT2D eigenvalue weighted by atomic mass is 10.1. The lowest BCUT2D eigenvalue weighted by Gasteiger charge is -2.10. The zero-order valence-electron chi connectivity index (χ0n) is 17.4. The second-order valence-electron chi connectivity index (χ2n) is 6.88. The van der Waals surface area contributed by atoms with Crippen LogP contribution in [0.4, 0.5) is 10.1 Å². The van der Waals surface area contributed by atoms with Gasteiger partial charge in [-0.05, 0) is 48.5 Å². The van der Waals surface area contributed by atoms with Crippen molar-refractivity contribution in [1.82, 2.24) is 0 Å². The van der Waals surface area contributed by atoms with Gasteiger partial charge in [0.05, 0.1) is 24.1 Å². The number of ketones is 1. The summed E-state index contributed by atoms with van der Waals surface area (Å²) in [5, 5.41) is 0.563. The zero-order valence-corrected chi connectivity index (χ0v) is 19.0. The highest BCUT2D eigenvalue weighted by atomic mass is 35.5. The minimum Gasteiger partial charge on any atom is -0.495 e. The molecule has 0 spiro atoms. The van der Waals surface area contributed by atoms with Crippen LogP contribution in [0.5, 0.6) is 11.5 Å². The lowest BCUT2D eigenvalue weighted by molar-refractivity contribution is 0.101. The highest BCUT2D eigenvalue weighted by molar-refractivity contribution is 7.92. The molecule has 4 rings (SSSR count). The monoisotopic (exact) mass is 489 g/mol. The van der Waals surface area contributed by atoms with E-state index in [4.69, 9.17) is 25.5 Å². The first-order chi connectivity index (χ1) is 15.7. The highest BCUT2D eigenvalue weighted by Gasteiger charge is 2.27. The van der Waals surface area contributed by atoms with Gasteiger partial charge in [-0.25, -0.2) is 12.8 Å². The lowest BCUT2D eigenvalue weighted by Crippen LogP contribution is -2.15. The summed E-state index contributed by atoms with van der Waals surface area (Å²) in [5.74, 6) is -1.42. The molecule has 0 saturated carbocycles. The second kappa shape index (κ2) is 8.76. The standard InChI is InChI=1S/C23H17ClFNO6S/c1-30-19-9-7-13(11-16(19)24)22(27)23-21(15-5-3-4-6-18(15)32-23)26-33(28,29)14-8-10-20(31-2)17(25)12-14/h3-12,26H,1-2H3. The Kier molecular flexibility index (Phi) is 6.01. The summed E-state index contributed by atoms with van der Waals surface area (Å²) >= 11 is 6.14. The quantitative estimate of drug-likeness (QED) is 0.355. The van der Waals surface area contributed by atoms with Crippen LogP contribution in [-0.2, 0) is 10.0 Å². The molecule has 4 aromatic rings. The Morgan fingerprint density at radius 2 is 1.70 bits per heavy atom. The molecular formula is C23H17ClFNO6S. The van der Waals surface area contributed by atoms with E-state index in [0.717, 1.165) is 6.07 Å². The van der Waals surface area contributed by atoms with Crippen LogP contribution >= 0.6 is 11.6 Å². The number of anilines is 1. The van der Waals surface area contributed by atoms with E-state index in [1.807, 2.05) is 0 Å². The molecule has 0 aliphatic heterocycles. The van der Waals surface area contributed by atoms with Gasteiger partial charge in [0.25, 0.3) is 10.0 Å². The Balaban J connectivity index is 1.81. The molecule has 0 fully saturated rings. The normalized spacial score (nSPS) is 11.4. The van der Waals surface area contributed by atoms with E-state index in [1.165, 1.54) is 44.6 Å². The van der Waals surface area contributed by atoms with Crippen molar-refractivity contribution in [2.24, 2.45) is 0 Å². The van der Waals surface area contributed by atoms with Crippen molar-refractivity contribution in [3.05, 3.63) is 82.8 Å². The van der Waals surface area contributed by atoms with E-state index in [2.05, 4.69) is 4.72 Å². The van der Waals surface area contributed by atoms with Gasteiger partial charge in [0.1, 0.15) is 17.0 Å². The molecular weight excluding hydrogens is 473 g/mol. The van der Waals surface area contributed by atoms with E-state index in [1.54, 1.807) is 24.3 Å². The van der Waals surface area contributed by atoms with Crippen molar-refractivity contribution in [3.63, 3.8) is 0 Å². The van der Waals surface area contributed by atoms with Crippen LogP contribution < -0.4 is 14.2 Å². The molecule has 10 heteroatoms. The molecule has 3 aromatic carbocycles. The summed E-state index contributed by atoms with van der Waals surface area (Å²) in [5.41, 5.74) is 0.383. The van der Waals surface area contributed by atoms with Crippen molar-refractivity contribution < 1.29 is 31.5 Å². The van der Waals surface area contributed by atoms with E-state index in [9.17, 15) is 17.6 Å². The molecule has 0 atom stereocenters. The number of halogens is 2. The SMILES string of the molecule is COc1ccc(S(=O)(=O)Nc2c(C(=O)c3ccc(OC)c(Cl)c3)oc3ccccc23)cc1F. The molecule has 7 nitrogen and oxygen atoms in total. The number of carbonyl (C=O) groups is 1. The van der Waals surface area contributed by atoms with Gasteiger partial charge in [-0.1, -0.05) is 23.7 Å². The topological polar surface area (TPSA) is 94.8 Å². The summed E-state index contributed by atoms with van der Waals surface area (Å²) in [6.45, 7) is 0. The number of carbonyl (C=O) groups excluding carboxylic acids is 1. The molecule has 0 radical (unpaired) electrons. The smallest absolute Gasteiger partial charge is 0.262 e. The number of para-hydroxylation sites is 1. The number of ether oxygens (including phenoxy) is 2. The molecule has 170 valence electrons. The number of hydrogen-bond donors (Lipinski definition) is 1. The number of sulfonamides is 1. The molecule has 0 aliphatic carbocycles. The van der Waals surface area contributed by atoms with Gasteiger partial charge < -0.3 is 13.9 Å². The van der Waals surface area contributed by atoms with Crippen LogP contribution in [0.1, 0.15) is 16.1 Å². The third kappa shape index (κ3) is 4.24. The van der Waals surface area contributed by atoms with Crippen LogP contribution in [0.25, 0.3) is 11.0 Å². The average molecular weight is 490 g/mol. The maximum absolute atomic E-state index is 14.1. The number of hydrogen-bond acceptors (Lipinski definition) is 6. The molecule has 33 heavy (non-hydrogen) atoms. The molecule has 0 amide bonds. The van der Waals surface area contributed by atoms with Crippen LogP contribution in [0, 0.1) is 5.82 Å². The molecule has 0 saturated heterocycles. The molecule has 1 aromatic heterocycles. The Morgan fingerprint density at radius 3 is 2.36 bits per heavy atom. The summed E-state index contributed by atoms with van der Waals surface area (Å²) < 4.78 is 58.2. The van der Waals surface area contributed by atoms with Gasteiger partial charge in [0.2, 0.25) is 5.78 Å². The fourth-order valence-electron chi connectivity index (χ4n) is 3.25. The van der Waals surface area contributed by atoms with Crippen LogP contribution in [0.15, 0.2) is 70.0 Å².